The molecule has 218 valence electrons. The van der Waals surface area contributed by atoms with E-state index in [0.29, 0.717) is 24.7 Å². The van der Waals surface area contributed by atoms with E-state index in [9.17, 15) is 0 Å². The molecule has 4 unspecified atom stereocenters. The Hall–Kier alpha value is -0.240. The number of nitrogens with one attached hydrogen (secondary N) is 4. The molecule has 6 heteroatoms. The van der Waals surface area contributed by atoms with Crippen LogP contribution in [0.1, 0.15) is 130 Å². The zero-order chi connectivity index (χ0) is 26.7. The maximum Gasteiger partial charge on any atom is 0.0431 e. The molecule has 36 heavy (non-hydrogen) atoms. The van der Waals surface area contributed by atoms with Gasteiger partial charge in [-0.2, -0.15) is 0 Å². The molecule has 0 heterocycles. The van der Waals surface area contributed by atoms with Gasteiger partial charge in [0.05, 0.1) is 0 Å². The Labute approximate surface area is 226 Å². The number of aliphatic hydroxyl groups excluding tert-OH is 1. The van der Waals surface area contributed by atoms with Crippen molar-refractivity contribution in [2.24, 2.45) is 5.73 Å². The third-order valence-electron chi connectivity index (χ3n) is 7.05. The van der Waals surface area contributed by atoms with Gasteiger partial charge in [0.2, 0.25) is 0 Å². The Balaban J connectivity index is 3.29. The fraction of sp³-hybridized carbons (Fsp3) is 1.00. The molecule has 0 aliphatic rings. The summed E-state index contributed by atoms with van der Waals surface area (Å²) in [6.07, 6.45) is 21.7. The molecule has 0 radical (unpaired) electrons. The maximum atomic E-state index is 8.78. The van der Waals surface area contributed by atoms with Gasteiger partial charge in [0, 0.05) is 57.0 Å². The highest BCUT2D eigenvalue weighted by atomic mass is 16.2. The van der Waals surface area contributed by atoms with Gasteiger partial charge in [0.25, 0.3) is 0 Å². The van der Waals surface area contributed by atoms with Gasteiger partial charge in [-0.25, -0.2) is 0 Å². The molecule has 0 aliphatic carbocycles. The summed E-state index contributed by atoms with van der Waals surface area (Å²) in [5.74, 6) is 0. The van der Waals surface area contributed by atoms with E-state index in [0.717, 1.165) is 39.1 Å². The molecule has 0 amide bonds. The fourth-order valence-electron chi connectivity index (χ4n) is 4.51. The SMILES string of the molecule is CC(N)CNC(C)CNC(C)CNC(C)CNCCCCCCCCCCCCCCCCCCO. The van der Waals surface area contributed by atoms with Crippen molar-refractivity contribution >= 4 is 0 Å². The van der Waals surface area contributed by atoms with Crippen LogP contribution in [0.5, 0.6) is 0 Å². The highest BCUT2D eigenvalue weighted by Crippen LogP contribution is 2.13. The zero-order valence-electron chi connectivity index (χ0n) is 24.9. The summed E-state index contributed by atoms with van der Waals surface area (Å²) in [6, 6.07) is 1.61. The second-order valence-electron chi connectivity index (χ2n) is 11.5. The van der Waals surface area contributed by atoms with Gasteiger partial charge in [0.1, 0.15) is 0 Å². The summed E-state index contributed by atoms with van der Waals surface area (Å²) in [5.41, 5.74) is 5.80. The number of nitrogens with two attached hydrogens (primary N) is 1. The van der Waals surface area contributed by atoms with E-state index in [1.165, 1.54) is 96.3 Å². The summed E-state index contributed by atoms with van der Waals surface area (Å²) >= 11 is 0. The van der Waals surface area contributed by atoms with E-state index in [-0.39, 0.29) is 6.04 Å². The van der Waals surface area contributed by atoms with Crippen LogP contribution < -0.4 is 27.0 Å². The van der Waals surface area contributed by atoms with Crippen molar-refractivity contribution in [3.8, 4) is 0 Å². The van der Waals surface area contributed by atoms with Gasteiger partial charge < -0.3 is 32.1 Å². The van der Waals surface area contributed by atoms with Gasteiger partial charge in [-0.05, 0) is 47.1 Å². The Morgan fingerprint density at radius 2 is 0.806 bits per heavy atom. The average molecular weight is 514 g/mol. The number of hydrogen-bond acceptors (Lipinski definition) is 6. The van der Waals surface area contributed by atoms with Crippen molar-refractivity contribution < 1.29 is 5.11 Å². The predicted molar refractivity (Wildman–Crippen MR) is 160 cm³/mol. The van der Waals surface area contributed by atoms with Crippen molar-refractivity contribution in [2.75, 3.05) is 39.3 Å². The summed E-state index contributed by atoms with van der Waals surface area (Å²) in [6.45, 7) is 14.1. The van der Waals surface area contributed by atoms with Gasteiger partial charge in [-0.3, -0.25) is 0 Å². The number of unbranched alkanes of at least 4 members (excludes halogenated alkanes) is 15. The second kappa shape index (κ2) is 27.8. The minimum atomic E-state index is 0.208. The van der Waals surface area contributed by atoms with Gasteiger partial charge in [0.15, 0.2) is 0 Å². The minimum Gasteiger partial charge on any atom is -0.396 e. The Kier molecular flexibility index (Phi) is 27.6. The van der Waals surface area contributed by atoms with Crippen LogP contribution in [0.25, 0.3) is 0 Å². The first kappa shape index (κ1) is 35.8. The number of rotatable bonds is 29. The molecule has 0 aliphatic heterocycles. The molecule has 0 rings (SSSR count). The topological polar surface area (TPSA) is 94.4 Å². The zero-order valence-corrected chi connectivity index (χ0v) is 24.9. The molecular weight excluding hydrogens is 446 g/mol. The Morgan fingerprint density at radius 3 is 1.19 bits per heavy atom. The van der Waals surface area contributed by atoms with E-state index in [1.54, 1.807) is 0 Å². The lowest BCUT2D eigenvalue weighted by Gasteiger charge is -2.22. The van der Waals surface area contributed by atoms with Crippen LogP contribution >= 0.6 is 0 Å². The number of hydrogen-bond donors (Lipinski definition) is 6. The first-order chi connectivity index (χ1) is 17.5. The van der Waals surface area contributed by atoms with E-state index < -0.39 is 0 Å². The third-order valence-corrected chi connectivity index (χ3v) is 7.05. The van der Waals surface area contributed by atoms with Crippen LogP contribution in [-0.2, 0) is 0 Å². The molecule has 0 fully saturated rings. The van der Waals surface area contributed by atoms with E-state index in [1.807, 2.05) is 6.92 Å². The molecule has 6 nitrogen and oxygen atoms in total. The summed E-state index contributed by atoms with van der Waals surface area (Å²) in [5, 5.41) is 23.1. The lowest BCUT2D eigenvalue weighted by atomic mass is 10.0. The maximum absolute atomic E-state index is 8.78. The van der Waals surface area contributed by atoms with E-state index in [4.69, 9.17) is 10.8 Å². The summed E-state index contributed by atoms with van der Waals surface area (Å²) in [4.78, 5) is 0. The first-order valence-electron chi connectivity index (χ1n) is 15.7. The lowest BCUT2D eigenvalue weighted by Crippen LogP contribution is -2.47. The molecule has 0 saturated carbocycles. The number of aliphatic hydroxyl groups is 1. The molecule has 7 N–H and O–H groups in total. The molecule has 0 aromatic heterocycles. The summed E-state index contributed by atoms with van der Waals surface area (Å²) < 4.78 is 0. The second-order valence-corrected chi connectivity index (χ2v) is 11.5. The monoisotopic (exact) mass is 514 g/mol. The largest absolute Gasteiger partial charge is 0.396 e. The fourth-order valence-corrected chi connectivity index (χ4v) is 4.51. The molecule has 4 atom stereocenters. The Morgan fingerprint density at radius 1 is 0.472 bits per heavy atom. The third kappa shape index (κ3) is 28.3. The van der Waals surface area contributed by atoms with E-state index >= 15 is 0 Å². The van der Waals surface area contributed by atoms with Gasteiger partial charge >= 0.3 is 0 Å². The van der Waals surface area contributed by atoms with E-state index in [2.05, 4.69) is 42.0 Å². The molecule has 0 aromatic rings. The van der Waals surface area contributed by atoms with Crippen molar-refractivity contribution in [1.29, 1.82) is 0 Å². The van der Waals surface area contributed by atoms with Crippen molar-refractivity contribution in [1.82, 2.24) is 21.3 Å². The van der Waals surface area contributed by atoms with Crippen LogP contribution in [0.4, 0.5) is 0 Å². The smallest absolute Gasteiger partial charge is 0.0431 e. The van der Waals surface area contributed by atoms with Crippen molar-refractivity contribution in [3.63, 3.8) is 0 Å². The van der Waals surface area contributed by atoms with Crippen LogP contribution in [0, 0.1) is 0 Å². The average Bonchev–Trinajstić information content (AvgIpc) is 2.86. The van der Waals surface area contributed by atoms with Crippen LogP contribution in [0.3, 0.4) is 0 Å². The normalized spacial score (nSPS) is 15.2. The predicted octanol–water partition coefficient (Wildman–Crippen LogP) is 5.09. The first-order valence-corrected chi connectivity index (χ1v) is 15.7. The van der Waals surface area contributed by atoms with Crippen LogP contribution in [-0.4, -0.2) is 68.6 Å². The van der Waals surface area contributed by atoms with Crippen LogP contribution in [0.15, 0.2) is 0 Å². The molecule has 0 spiro atoms. The minimum absolute atomic E-state index is 0.208. The van der Waals surface area contributed by atoms with Crippen molar-refractivity contribution in [2.45, 2.75) is 155 Å². The standard InChI is InChI=1S/C30H67N5O/c1-27(31)23-33-29(3)25-35-30(4)26-34-28(2)24-32-21-19-17-15-13-11-9-7-5-6-8-10-12-14-16-18-20-22-36/h27-30,32-36H,5-26,31H2,1-4H3. The molecule has 0 aromatic carbocycles. The van der Waals surface area contributed by atoms with Crippen LogP contribution in [0.2, 0.25) is 0 Å². The van der Waals surface area contributed by atoms with Gasteiger partial charge in [-0.15, -0.1) is 0 Å². The van der Waals surface area contributed by atoms with Crippen molar-refractivity contribution in [3.05, 3.63) is 0 Å². The lowest BCUT2D eigenvalue weighted by molar-refractivity contribution is 0.282. The van der Waals surface area contributed by atoms with Gasteiger partial charge in [-0.1, -0.05) is 89.9 Å². The molecular formula is C30H67N5O. The quantitative estimate of drug-likeness (QED) is 0.0780. The molecule has 0 saturated heterocycles. The molecule has 0 bridgehead atoms. The highest BCUT2D eigenvalue weighted by Gasteiger charge is 2.08. The summed E-state index contributed by atoms with van der Waals surface area (Å²) in [7, 11) is 0. The Bertz CT molecular complexity index is 424. The highest BCUT2D eigenvalue weighted by molar-refractivity contribution is 4.73.